The van der Waals surface area contributed by atoms with Crippen molar-refractivity contribution in [3.05, 3.63) is 35.4 Å². The molecule has 1 N–H and O–H groups in total. The van der Waals surface area contributed by atoms with E-state index in [-0.39, 0.29) is 5.91 Å². The van der Waals surface area contributed by atoms with Crippen molar-refractivity contribution in [3.8, 4) is 0 Å². The molecule has 20 heavy (non-hydrogen) atoms. The van der Waals surface area contributed by atoms with Gasteiger partial charge in [-0.15, -0.1) is 0 Å². The predicted octanol–water partition coefficient (Wildman–Crippen LogP) is 2.39. The lowest BCUT2D eigenvalue weighted by atomic mass is 9.96. The molecule has 110 valence electrons. The van der Waals surface area contributed by atoms with Crippen molar-refractivity contribution in [1.29, 1.82) is 0 Å². The van der Waals surface area contributed by atoms with Gasteiger partial charge in [-0.3, -0.25) is 4.79 Å². The minimum Gasteiger partial charge on any atom is -0.356 e. The lowest BCUT2D eigenvalue weighted by Gasteiger charge is -2.31. The number of carbonyl (C=O) groups excluding carboxylic acids is 1. The number of nitrogens with zero attached hydrogens (tertiary/aromatic N) is 1. The number of hydrogen-bond acceptors (Lipinski definition) is 2. The zero-order valence-electron chi connectivity index (χ0n) is 12.7. The number of amides is 1. The van der Waals surface area contributed by atoms with Crippen molar-refractivity contribution < 1.29 is 4.79 Å². The van der Waals surface area contributed by atoms with Gasteiger partial charge in [0.05, 0.1) is 6.42 Å². The third kappa shape index (κ3) is 4.34. The average Bonchev–Trinajstić information content (AvgIpc) is 2.48. The smallest absolute Gasteiger partial charge is 0.224 e. The number of aryl methyl sites for hydroxylation is 1. The molecule has 0 atom stereocenters. The van der Waals surface area contributed by atoms with Crippen molar-refractivity contribution in [3.63, 3.8) is 0 Å². The molecule has 0 saturated carbocycles. The minimum atomic E-state index is 0.150. The second kappa shape index (κ2) is 7.44. The van der Waals surface area contributed by atoms with Gasteiger partial charge < -0.3 is 10.2 Å². The summed E-state index contributed by atoms with van der Waals surface area (Å²) in [5.41, 5.74) is 2.32. The summed E-state index contributed by atoms with van der Waals surface area (Å²) in [6, 6.07) is 8.10. The van der Waals surface area contributed by atoms with Crippen LogP contribution in [0.1, 0.15) is 30.9 Å². The van der Waals surface area contributed by atoms with Gasteiger partial charge in [0.2, 0.25) is 5.91 Å². The maximum atomic E-state index is 12.0. The van der Waals surface area contributed by atoms with E-state index >= 15 is 0 Å². The van der Waals surface area contributed by atoms with Crippen LogP contribution in [0.3, 0.4) is 0 Å². The van der Waals surface area contributed by atoms with Crippen LogP contribution in [0.2, 0.25) is 0 Å². The fourth-order valence-electron chi connectivity index (χ4n) is 2.81. The molecule has 0 bridgehead atoms. The van der Waals surface area contributed by atoms with Crippen LogP contribution in [0.25, 0.3) is 0 Å². The summed E-state index contributed by atoms with van der Waals surface area (Å²) in [6.07, 6.45) is 2.91. The van der Waals surface area contributed by atoms with Gasteiger partial charge in [-0.05, 0) is 56.4 Å². The topological polar surface area (TPSA) is 32.3 Å². The van der Waals surface area contributed by atoms with Crippen LogP contribution in [-0.2, 0) is 11.2 Å². The first-order chi connectivity index (χ1) is 9.69. The first-order valence-electron chi connectivity index (χ1n) is 7.72. The summed E-state index contributed by atoms with van der Waals surface area (Å²) in [5, 5.41) is 3.10. The number of hydrogen-bond donors (Lipinski definition) is 1. The van der Waals surface area contributed by atoms with E-state index in [2.05, 4.69) is 30.1 Å². The molecule has 0 spiro atoms. The molecule has 1 aromatic rings. The number of likely N-dealkylation sites (tertiary alicyclic amines) is 1. The zero-order valence-corrected chi connectivity index (χ0v) is 12.7. The molecule has 2 rings (SSSR count). The summed E-state index contributed by atoms with van der Waals surface area (Å²) in [7, 11) is 0. The normalized spacial score (nSPS) is 17.1. The Balaban J connectivity index is 1.72. The quantitative estimate of drug-likeness (QED) is 0.894. The van der Waals surface area contributed by atoms with Crippen LogP contribution in [0.5, 0.6) is 0 Å². The molecule has 1 aliphatic rings. The van der Waals surface area contributed by atoms with E-state index in [9.17, 15) is 4.79 Å². The summed E-state index contributed by atoms with van der Waals surface area (Å²) in [6.45, 7) is 8.60. The van der Waals surface area contributed by atoms with Gasteiger partial charge in [0.25, 0.3) is 0 Å². The first kappa shape index (κ1) is 15.0. The molecule has 0 aliphatic carbocycles. The van der Waals surface area contributed by atoms with Gasteiger partial charge in [0, 0.05) is 6.54 Å². The van der Waals surface area contributed by atoms with Crippen LogP contribution in [0.4, 0.5) is 0 Å². The Labute approximate surface area is 122 Å². The molecule has 1 aromatic carbocycles. The molecule has 1 amide bonds. The Morgan fingerprint density at radius 2 is 2.00 bits per heavy atom. The summed E-state index contributed by atoms with van der Waals surface area (Å²) >= 11 is 0. The van der Waals surface area contributed by atoms with Crippen molar-refractivity contribution in [2.75, 3.05) is 26.2 Å². The van der Waals surface area contributed by atoms with Crippen molar-refractivity contribution in [2.24, 2.45) is 5.92 Å². The molecule has 3 heteroatoms. The van der Waals surface area contributed by atoms with Gasteiger partial charge in [0.1, 0.15) is 0 Å². The zero-order chi connectivity index (χ0) is 14.4. The van der Waals surface area contributed by atoms with Crippen molar-refractivity contribution in [2.45, 2.75) is 33.1 Å². The Hall–Kier alpha value is -1.35. The van der Waals surface area contributed by atoms with Crippen molar-refractivity contribution >= 4 is 5.91 Å². The van der Waals surface area contributed by atoms with E-state index in [1.54, 1.807) is 0 Å². The van der Waals surface area contributed by atoms with Crippen LogP contribution in [0.15, 0.2) is 24.3 Å². The van der Waals surface area contributed by atoms with Crippen LogP contribution < -0.4 is 5.32 Å². The standard InChI is InChI=1S/C17H26N2O/c1-3-19-10-8-15(9-11-19)13-18-17(20)12-16-7-5-4-6-14(16)2/h4-7,15H,3,8-13H2,1-2H3,(H,18,20). The fourth-order valence-corrected chi connectivity index (χ4v) is 2.81. The number of benzene rings is 1. The Morgan fingerprint density at radius 1 is 1.30 bits per heavy atom. The Bertz CT molecular complexity index is 436. The second-order valence-electron chi connectivity index (χ2n) is 5.78. The molecule has 0 radical (unpaired) electrons. The number of rotatable bonds is 5. The van der Waals surface area contributed by atoms with E-state index < -0.39 is 0 Å². The molecule has 1 saturated heterocycles. The molecule has 3 nitrogen and oxygen atoms in total. The van der Waals surface area contributed by atoms with Gasteiger partial charge in [-0.25, -0.2) is 0 Å². The molecule has 0 aromatic heterocycles. The van der Waals surface area contributed by atoms with Gasteiger partial charge in [-0.1, -0.05) is 31.2 Å². The molecule has 0 unspecified atom stereocenters. The summed E-state index contributed by atoms with van der Waals surface area (Å²) in [5.74, 6) is 0.802. The molecular weight excluding hydrogens is 248 g/mol. The number of nitrogens with one attached hydrogen (secondary N) is 1. The first-order valence-corrected chi connectivity index (χ1v) is 7.72. The van der Waals surface area contributed by atoms with E-state index in [0.717, 1.165) is 18.7 Å². The average molecular weight is 274 g/mol. The van der Waals surface area contributed by atoms with Gasteiger partial charge in [0.15, 0.2) is 0 Å². The fraction of sp³-hybridized carbons (Fsp3) is 0.588. The van der Waals surface area contributed by atoms with Gasteiger partial charge in [-0.2, -0.15) is 0 Å². The van der Waals surface area contributed by atoms with E-state index in [1.807, 2.05) is 18.2 Å². The highest BCUT2D eigenvalue weighted by molar-refractivity contribution is 5.78. The van der Waals surface area contributed by atoms with Crippen LogP contribution in [-0.4, -0.2) is 37.0 Å². The van der Waals surface area contributed by atoms with Gasteiger partial charge >= 0.3 is 0 Å². The molecule has 1 heterocycles. The van der Waals surface area contributed by atoms with Crippen LogP contribution in [0, 0.1) is 12.8 Å². The molecule has 1 aliphatic heterocycles. The second-order valence-corrected chi connectivity index (χ2v) is 5.78. The maximum absolute atomic E-state index is 12.0. The Morgan fingerprint density at radius 3 is 2.65 bits per heavy atom. The summed E-state index contributed by atoms with van der Waals surface area (Å²) < 4.78 is 0. The predicted molar refractivity (Wildman–Crippen MR) is 82.7 cm³/mol. The highest BCUT2D eigenvalue weighted by Crippen LogP contribution is 2.16. The number of piperidine rings is 1. The third-order valence-corrected chi connectivity index (χ3v) is 4.35. The highest BCUT2D eigenvalue weighted by atomic mass is 16.1. The number of carbonyl (C=O) groups is 1. The van der Waals surface area contributed by atoms with E-state index in [4.69, 9.17) is 0 Å². The lowest BCUT2D eigenvalue weighted by Crippen LogP contribution is -2.38. The maximum Gasteiger partial charge on any atom is 0.224 e. The van der Waals surface area contributed by atoms with E-state index in [1.165, 1.54) is 31.5 Å². The van der Waals surface area contributed by atoms with Crippen molar-refractivity contribution in [1.82, 2.24) is 10.2 Å². The van der Waals surface area contributed by atoms with Crippen LogP contribution >= 0.6 is 0 Å². The lowest BCUT2D eigenvalue weighted by molar-refractivity contribution is -0.120. The minimum absolute atomic E-state index is 0.150. The SMILES string of the molecule is CCN1CCC(CNC(=O)Cc2ccccc2C)CC1. The largest absolute Gasteiger partial charge is 0.356 e. The monoisotopic (exact) mass is 274 g/mol. The molecule has 1 fully saturated rings. The highest BCUT2D eigenvalue weighted by Gasteiger charge is 2.18. The molecular formula is C17H26N2O. The summed E-state index contributed by atoms with van der Waals surface area (Å²) in [4.78, 5) is 14.5. The Kier molecular flexibility index (Phi) is 5.60. The third-order valence-electron chi connectivity index (χ3n) is 4.35. The van der Waals surface area contributed by atoms with E-state index in [0.29, 0.717) is 12.3 Å².